The summed E-state index contributed by atoms with van der Waals surface area (Å²) >= 11 is 0. The zero-order chi connectivity index (χ0) is 26.0. The van der Waals surface area contributed by atoms with E-state index >= 15 is 0 Å². The van der Waals surface area contributed by atoms with Crippen LogP contribution in [-0.2, 0) is 9.53 Å². The maximum absolute atomic E-state index is 13.1. The van der Waals surface area contributed by atoms with Gasteiger partial charge in [0.25, 0.3) is 5.91 Å². The van der Waals surface area contributed by atoms with Crippen LogP contribution in [0.15, 0.2) is 37.2 Å². The molecule has 1 saturated heterocycles. The number of ether oxygens (including phenoxy) is 1. The van der Waals surface area contributed by atoms with Crippen LogP contribution in [0.4, 0.5) is 14.6 Å². The Labute approximate surface area is 205 Å². The summed E-state index contributed by atoms with van der Waals surface area (Å²) in [5.74, 6) is 5.23. The summed E-state index contributed by atoms with van der Waals surface area (Å²) in [5, 5.41) is 7.54. The smallest absolute Gasteiger partial charge is 0.320 e. The number of primary amides is 1. The van der Waals surface area contributed by atoms with Gasteiger partial charge in [0.05, 0.1) is 29.7 Å². The van der Waals surface area contributed by atoms with E-state index in [0.29, 0.717) is 36.5 Å². The molecule has 10 nitrogen and oxygen atoms in total. The first kappa shape index (κ1) is 24.9. The number of benzene rings is 1. The van der Waals surface area contributed by atoms with Crippen LogP contribution in [0.5, 0.6) is 0 Å². The van der Waals surface area contributed by atoms with Gasteiger partial charge in [-0.05, 0) is 36.6 Å². The van der Waals surface area contributed by atoms with Crippen molar-refractivity contribution in [3.63, 3.8) is 0 Å². The van der Waals surface area contributed by atoms with Gasteiger partial charge in [-0.2, -0.15) is 13.9 Å². The molecule has 0 aliphatic carbocycles. The molecule has 0 saturated carbocycles. The van der Waals surface area contributed by atoms with Gasteiger partial charge in [0.15, 0.2) is 5.69 Å². The van der Waals surface area contributed by atoms with E-state index in [1.165, 1.54) is 12.1 Å². The molecule has 0 bridgehead atoms. The highest BCUT2D eigenvalue weighted by Crippen LogP contribution is 2.32. The minimum atomic E-state index is -2.70. The number of nitrogens with two attached hydrogens (primary N) is 1. The van der Waals surface area contributed by atoms with E-state index in [0.717, 1.165) is 10.9 Å². The molecule has 2 atom stereocenters. The number of carbonyl (C=O) groups excluding carboxylic acids is 2. The number of likely N-dealkylation sites (tertiary alicyclic amines) is 1. The number of nitrogens with one attached hydrogen (secondary N) is 1. The van der Waals surface area contributed by atoms with Gasteiger partial charge in [-0.15, -0.1) is 0 Å². The fraction of sp³-hybridized carbons (Fsp3) is 0.333. The molecule has 1 fully saturated rings. The number of nitrogens with zero attached hydrogens (tertiary/aromatic N) is 5. The van der Waals surface area contributed by atoms with Crippen LogP contribution in [0, 0.1) is 11.8 Å². The summed E-state index contributed by atoms with van der Waals surface area (Å²) in [6, 6.07) is 4.21. The van der Waals surface area contributed by atoms with Crippen molar-refractivity contribution < 1.29 is 23.1 Å². The maximum atomic E-state index is 13.1. The lowest BCUT2D eigenvalue weighted by atomic mass is 10.1. The highest BCUT2D eigenvalue weighted by Gasteiger charge is 2.37. The molecule has 0 radical (unpaired) electrons. The van der Waals surface area contributed by atoms with Crippen molar-refractivity contribution in [2.75, 3.05) is 32.6 Å². The van der Waals surface area contributed by atoms with Crippen molar-refractivity contribution in [1.82, 2.24) is 24.2 Å². The van der Waals surface area contributed by atoms with E-state index in [-0.39, 0.29) is 34.8 Å². The molecule has 0 spiro atoms. The van der Waals surface area contributed by atoms with E-state index in [1.807, 2.05) is 0 Å². The number of amides is 2. The molecule has 12 heteroatoms. The monoisotopic (exact) mass is 497 g/mol. The number of methoxy groups -OCH3 is 1. The van der Waals surface area contributed by atoms with Crippen LogP contribution < -0.4 is 11.1 Å². The molecule has 3 heterocycles. The number of hydrogen-bond donors (Lipinski definition) is 2. The van der Waals surface area contributed by atoms with Crippen molar-refractivity contribution in [3.8, 4) is 11.8 Å². The van der Waals surface area contributed by atoms with Crippen LogP contribution in [-0.4, -0.2) is 69.4 Å². The normalized spacial score (nSPS) is 17.3. The van der Waals surface area contributed by atoms with Crippen LogP contribution >= 0.6 is 0 Å². The van der Waals surface area contributed by atoms with Crippen LogP contribution in [0.3, 0.4) is 0 Å². The van der Waals surface area contributed by atoms with Gasteiger partial charge in [0.1, 0.15) is 17.7 Å². The predicted octanol–water partition coefficient (Wildman–Crippen LogP) is 2.14. The van der Waals surface area contributed by atoms with Gasteiger partial charge in [-0.1, -0.05) is 12.5 Å². The van der Waals surface area contributed by atoms with Gasteiger partial charge in [-0.3, -0.25) is 14.2 Å². The molecule has 2 amide bonds. The Hall–Kier alpha value is -4.24. The standard InChI is InChI=1S/C24H25F2N7O3/c1-4-20(34)31-11-15(10-16(31)12-36-3)33-23(28-2)21(22(27)35)17(30-33)7-5-14-6-8-19-18(9-14)29-13-32(19)24(25)26/h4,6,8-9,13,15-16,24,28H,1,10-12H2,2-3H3,(H2,27,35)/t15-,16+/m0/s1. The van der Waals surface area contributed by atoms with Crippen molar-refractivity contribution in [2.24, 2.45) is 5.73 Å². The van der Waals surface area contributed by atoms with Crippen LogP contribution in [0.25, 0.3) is 11.0 Å². The number of carbonyl (C=O) groups is 2. The first-order valence-electron chi connectivity index (χ1n) is 11.1. The molecule has 4 rings (SSSR count). The van der Waals surface area contributed by atoms with Gasteiger partial charge in [0.2, 0.25) is 5.91 Å². The number of hydrogen-bond acceptors (Lipinski definition) is 6. The van der Waals surface area contributed by atoms with Gasteiger partial charge in [0, 0.05) is 26.3 Å². The lowest BCUT2D eigenvalue weighted by Crippen LogP contribution is -2.37. The topological polar surface area (TPSA) is 120 Å². The third-order valence-corrected chi connectivity index (χ3v) is 6.06. The molecule has 3 N–H and O–H groups in total. The fourth-order valence-electron chi connectivity index (χ4n) is 4.46. The fourth-order valence-corrected chi connectivity index (χ4v) is 4.46. The maximum Gasteiger partial charge on any atom is 0.320 e. The zero-order valence-electron chi connectivity index (χ0n) is 19.7. The van der Waals surface area contributed by atoms with Crippen LogP contribution in [0.1, 0.15) is 40.6 Å². The molecule has 188 valence electrons. The number of aromatic nitrogens is 4. The quantitative estimate of drug-likeness (QED) is 0.381. The molecule has 2 aromatic heterocycles. The van der Waals surface area contributed by atoms with Gasteiger partial charge in [-0.25, -0.2) is 9.67 Å². The molecule has 1 aromatic carbocycles. The van der Waals surface area contributed by atoms with Gasteiger partial charge >= 0.3 is 6.55 Å². The lowest BCUT2D eigenvalue weighted by molar-refractivity contribution is -0.127. The van der Waals surface area contributed by atoms with E-state index in [9.17, 15) is 18.4 Å². The Balaban J connectivity index is 1.71. The molecular weight excluding hydrogens is 472 g/mol. The SMILES string of the molecule is C=CC(=O)N1C[C@@H](n2nc(C#Cc3ccc4c(c3)ncn4C(F)F)c(C(N)=O)c2NC)C[C@@H]1COC. The molecule has 1 aliphatic rings. The number of halogens is 2. The molecule has 36 heavy (non-hydrogen) atoms. The summed E-state index contributed by atoms with van der Waals surface area (Å²) in [6.45, 7) is 1.54. The van der Waals surface area contributed by atoms with Crippen molar-refractivity contribution in [2.45, 2.75) is 25.1 Å². The van der Waals surface area contributed by atoms with E-state index in [4.69, 9.17) is 10.5 Å². The number of anilines is 1. The van der Waals surface area contributed by atoms with E-state index < -0.39 is 12.5 Å². The Kier molecular flexibility index (Phi) is 7.03. The second-order valence-electron chi connectivity index (χ2n) is 8.21. The van der Waals surface area contributed by atoms with Crippen molar-refractivity contribution in [1.29, 1.82) is 0 Å². The first-order valence-corrected chi connectivity index (χ1v) is 11.1. The number of fused-ring (bicyclic) bond motifs is 1. The second kappa shape index (κ2) is 10.2. The summed E-state index contributed by atoms with van der Waals surface area (Å²) in [5.41, 5.74) is 7.08. The molecule has 1 aliphatic heterocycles. The number of alkyl halides is 2. The minimum absolute atomic E-state index is 0.116. The number of rotatable bonds is 7. The largest absolute Gasteiger partial charge is 0.383 e. The van der Waals surface area contributed by atoms with Crippen LogP contribution in [0.2, 0.25) is 0 Å². The van der Waals surface area contributed by atoms with E-state index in [1.54, 1.807) is 35.9 Å². The van der Waals surface area contributed by atoms with Crippen molar-refractivity contribution in [3.05, 3.63) is 54.0 Å². The number of imidazole rings is 1. The predicted molar refractivity (Wildman–Crippen MR) is 128 cm³/mol. The molecule has 0 unspecified atom stereocenters. The third-order valence-electron chi connectivity index (χ3n) is 6.06. The highest BCUT2D eigenvalue weighted by atomic mass is 19.3. The van der Waals surface area contributed by atoms with Gasteiger partial charge < -0.3 is 20.7 Å². The summed E-state index contributed by atoms with van der Waals surface area (Å²) < 4.78 is 33.8. The minimum Gasteiger partial charge on any atom is -0.383 e. The Morgan fingerprint density at radius 1 is 1.39 bits per heavy atom. The summed E-state index contributed by atoms with van der Waals surface area (Å²) in [4.78, 5) is 30.4. The summed E-state index contributed by atoms with van der Waals surface area (Å²) in [6.07, 6.45) is 2.86. The third kappa shape index (κ3) is 4.52. The molecule has 3 aromatic rings. The molecular formula is C24H25F2N7O3. The average Bonchev–Trinajstić information content (AvgIpc) is 3.56. The Bertz CT molecular complexity index is 1390. The lowest BCUT2D eigenvalue weighted by Gasteiger charge is -2.22. The van der Waals surface area contributed by atoms with Crippen molar-refractivity contribution >= 4 is 28.7 Å². The first-order chi connectivity index (χ1) is 17.3. The average molecular weight is 498 g/mol. The second-order valence-corrected chi connectivity index (χ2v) is 8.21. The summed E-state index contributed by atoms with van der Waals surface area (Å²) in [7, 11) is 3.20. The Morgan fingerprint density at radius 2 is 2.17 bits per heavy atom. The van der Waals surface area contributed by atoms with E-state index in [2.05, 4.69) is 33.8 Å². The zero-order valence-corrected chi connectivity index (χ0v) is 19.7. The Morgan fingerprint density at radius 3 is 2.81 bits per heavy atom. The highest BCUT2D eigenvalue weighted by molar-refractivity contribution is 6.00.